The van der Waals surface area contributed by atoms with Gasteiger partial charge in [0.05, 0.1) is 16.2 Å². The Kier molecular flexibility index (Phi) is 8.75. The van der Waals surface area contributed by atoms with Gasteiger partial charge in [-0.1, -0.05) is 0 Å². The first kappa shape index (κ1) is 21.8. The van der Waals surface area contributed by atoms with Crippen LogP contribution in [0.15, 0.2) is 29.9 Å². The molecule has 3 rings (SSSR count). The van der Waals surface area contributed by atoms with Gasteiger partial charge in [0.2, 0.25) is 5.91 Å². The number of hydrogen-bond acceptors (Lipinski definition) is 6. The SMILES string of the molecule is Cl.Cl.NC1(C(=O)NCCc2nc(-c3ccncc3)cs2)CCOCC1. The molecule has 9 heteroatoms. The fourth-order valence-corrected chi connectivity index (χ4v) is 3.31. The van der Waals surface area contributed by atoms with Crippen LogP contribution in [0.4, 0.5) is 0 Å². The van der Waals surface area contributed by atoms with Crippen LogP contribution in [0.5, 0.6) is 0 Å². The van der Waals surface area contributed by atoms with E-state index in [1.807, 2.05) is 17.5 Å². The number of rotatable bonds is 5. The van der Waals surface area contributed by atoms with Gasteiger partial charge in [-0.05, 0) is 25.0 Å². The fraction of sp³-hybridized carbons (Fsp3) is 0.438. The molecule has 1 fully saturated rings. The second-order valence-electron chi connectivity index (χ2n) is 5.64. The van der Waals surface area contributed by atoms with E-state index in [1.54, 1.807) is 23.7 Å². The Balaban J connectivity index is 0.00000156. The number of carbonyl (C=O) groups excluding carboxylic acids is 1. The van der Waals surface area contributed by atoms with Gasteiger partial charge in [0.1, 0.15) is 0 Å². The van der Waals surface area contributed by atoms with Crippen molar-refractivity contribution in [3.8, 4) is 11.3 Å². The molecule has 0 bridgehead atoms. The molecular formula is C16H22Cl2N4O2S. The third-order valence-corrected chi connectivity index (χ3v) is 4.90. The highest BCUT2D eigenvalue weighted by atomic mass is 35.5. The summed E-state index contributed by atoms with van der Waals surface area (Å²) in [7, 11) is 0. The van der Waals surface area contributed by atoms with E-state index in [2.05, 4.69) is 15.3 Å². The Morgan fingerprint density at radius 3 is 2.64 bits per heavy atom. The minimum absolute atomic E-state index is 0. The summed E-state index contributed by atoms with van der Waals surface area (Å²) in [5.74, 6) is -0.0910. The number of ether oxygens (including phenoxy) is 1. The highest BCUT2D eigenvalue weighted by molar-refractivity contribution is 7.09. The van der Waals surface area contributed by atoms with Crippen LogP contribution in [-0.4, -0.2) is 41.2 Å². The maximum absolute atomic E-state index is 12.2. The van der Waals surface area contributed by atoms with Crippen molar-refractivity contribution in [3.05, 3.63) is 34.9 Å². The molecular weight excluding hydrogens is 383 g/mol. The summed E-state index contributed by atoms with van der Waals surface area (Å²) in [6.45, 7) is 1.64. The molecule has 1 saturated heterocycles. The van der Waals surface area contributed by atoms with E-state index in [-0.39, 0.29) is 30.7 Å². The molecule has 3 heterocycles. The maximum atomic E-state index is 12.2. The molecule has 2 aromatic rings. The molecule has 0 saturated carbocycles. The van der Waals surface area contributed by atoms with Crippen molar-refractivity contribution in [2.24, 2.45) is 5.73 Å². The zero-order chi connectivity index (χ0) is 16.1. The second-order valence-corrected chi connectivity index (χ2v) is 6.58. The molecule has 0 aromatic carbocycles. The molecule has 138 valence electrons. The molecule has 1 aliphatic heterocycles. The zero-order valence-electron chi connectivity index (χ0n) is 13.6. The summed E-state index contributed by atoms with van der Waals surface area (Å²) >= 11 is 1.60. The van der Waals surface area contributed by atoms with Gasteiger partial charge in [-0.2, -0.15) is 0 Å². The highest BCUT2D eigenvalue weighted by Crippen LogP contribution is 2.21. The summed E-state index contributed by atoms with van der Waals surface area (Å²) in [4.78, 5) is 20.8. The number of nitrogens with one attached hydrogen (secondary N) is 1. The normalized spacial score (nSPS) is 15.6. The van der Waals surface area contributed by atoms with E-state index < -0.39 is 5.54 Å². The monoisotopic (exact) mass is 404 g/mol. The maximum Gasteiger partial charge on any atom is 0.240 e. The van der Waals surface area contributed by atoms with E-state index >= 15 is 0 Å². The van der Waals surface area contributed by atoms with Crippen LogP contribution in [0.25, 0.3) is 11.3 Å². The average molecular weight is 405 g/mol. The quantitative estimate of drug-likeness (QED) is 0.796. The second kappa shape index (κ2) is 10.0. The van der Waals surface area contributed by atoms with Crippen LogP contribution in [0.3, 0.4) is 0 Å². The van der Waals surface area contributed by atoms with E-state index in [1.165, 1.54) is 0 Å². The first-order valence-corrected chi connectivity index (χ1v) is 8.55. The first-order valence-electron chi connectivity index (χ1n) is 7.67. The van der Waals surface area contributed by atoms with Crippen molar-refractivity contribution >= 4 is 42.1 Å². The van der Waals surface area contributed by atoms with Crippen LogP contribution in [0.1, 0.15) is 17.8 Å². The molecule has 6 nitrogen and oxygen atoms in total. The number of halogens is 2. The number of hydrogen-bond donors (Lipinski definition) is 2. The van der Waals surface area contributed by atoms with Gasteiger partial charge in [-0.3, -0.25) is 9.78 Å². The number of carbonyl (C=O) groups is 1. The molecule has 0 spiro atoms. The Morgan fingerprint density at radius 2 is 1.96 bits per heavy atom. The lowest BCUT2D eigenvalue weighted by molar-refractivity contribution is -0.129. The largest absolute Gasteiger partial charge is 0.381 e. The molecule has 25 heavy (non-hydrogen) atoms. The number of amides is 1. The fourth-order valence-electron chi connectivity index (χ4n) is 2.50. The Labute approximate surface area is 163 Å². The summed E-state index contributed by atoms with van der Waals surface area (Å²) in [6.07, 6.45) is 5.35. The lowest BCUT2D eigenvalue weighted by Crippen LogP contribution is -2.57. The van der Waals surface area contributed by atoms with Crippen LogP contribution in [0, 0.1) is 0 Å². The third kappa shape index (κ3) is 5.62. The van der Waals surface area contributed by atoms with Crippen LogP contribution in [0.2, 0.25) is 0 Å². The van der Waals surface area contributed by atoms with Gasteiger partial charge in [-0.15, -0.1) is 36.2 Å². The van der Waals surface area contributed by atoms with Crippen molar-refractivity contribution in [2.75, 3.05) is 19.8 Å². The van der Waals surface area contributed by atoms with Crippen molar-refractivity contribution in [2.45, 2.75) is 24.8 Å². The molecule has 3 N–H and O–H groups in total. The highest BCUT2D eigenvalue weighted by Gasteiger charge is 2.35. The molecule has 0 radical (unpaired) electrons. The van der Waals surface area contributed by atoms with E-state index in [0.717, 1.165) is 16.3 Å². The molecule has 2 aromatic heterocycles. The summed E-state index contributed by atoms with van der Waals surface area (Å²) in [6, 6.07) is 3.87. The smallest absolute Gasteiger partial charge is 0.240 e. The Morgan fingerprint density at radius 1 is 1.28 bits per heavy atom. The minimum atomic E-state index is -0.788. The lowest BCUT2D eigenvalue weighted by Gasteiger charge is -2.31. The van der Waals surface area contributed by atoms with Gasteiger partial charge in [-0.25, -0.2) is 4.98 Å². The molecule has 1 amide bonds. The summed E-state index contributed by atoms with van der Waals surface area (Å²) < 4.78 is 5.26. The number of thiazole rings is 1. The number of aromatic nitrogens is 2. The molecule has 0 atom stereocenters. The van der Waals surface area contributed by atoms with Crippen LogP contribution >= 0.6 is 36.2 Å². The number of nitrogens with zero attached hydrogens (tertiary/aromatic N) is 2. The predicted octanol–water partition coefficient (Wildman–Crippen LogP) is 2.22. The lowest BCUT2D eigenvalue weighted by atomic mass is 9.90. The Bertz CT molecular complexity index is 663. The third-order valence-electron chi connectivity index (χ3n) is 3.99. The minimum Gasteiger partial charge on any atom is -0.381 e. The molecule has 0 unspecified atom stereocenters. The number of pyridine rings is 1. The summed E-state index contributed by atoms with van der Waals surface area (Å²) in [5.41, 5.74) is 7.36. The topological polar surface area (TPSA) is 90.1 Å². The van der Waals surface area contributed by atoms with Gasteiger partial charge in [0, 0.05) is 49.5 Å². The molecule has 1 aliphatic rings. The standard InChI is InChI=1S/C16H20N4O2S.2ClH/c17-16(4-9-22-10-5-16)15(21)19-8-3-14-20-13(11-23-14)12-1-6-18-7-2-12;;/h1-2,6-7,11H,3-5,8-10,17H2,(H,19,21);2*1H. The molecule has 0 aliphatic carbocycles. The summed E-state index contributed by atoms with van der Waals surface area (Å²) in [5, 5.41) is 5.95. The average Bonchev–Trinajstić information content (AvgIpc) is 3.05. The van der Waals surface area contributed by atoms with Crippen molar-refractivity contribution in [1.29, 1.82) is 0 Å². The van der Waals surface area contributed by atoms with Gasteiger partial charge < -0.3 is 15.8 Å². The van der Waals surface area contributed by atoms with E-state index in [9.17, 15) is 4.79 Å². The van der Waals surface area contributed by atoms with Crippen molar-refractivity contribution < 1.29 is 9.53 Å². The van der Waals surface area contributed by atoms with Gasteiger partial charge in [0.15, 0.2) is 0 Å². The van der Waals surface area contributed by atoms with Gasteiger partial charge in [0.25, 0.3) is 0 Å². The van der Waals surface area contributed by atoms with Crippen LogP contribution < -0.4 is 11.1 Å². The van der Waals surface area contributed by atoms with Crippen LogP contribution in [-0.2, 0) is 16.0 Å². The van der Waals surface area contributed by atoms with Crippen molar-refractivity contribution in [1.82, 2.24) is 15.3 Å². The first-order chi connectivity index (χ1) is 11.2. The van der Waals surface area contributed by atoms with Crippen molar-refractivity contribution in [3.63, 3.8) is 0 Å². The Hall–Kier alpha value is -1.25. The van der Waals surface area contributed by atoms with E-state index in [0.29, 0.717) is 39.0 Å². The predicted molar refractivity (Wildman–Crippen MR) is 104 cm³/mol. The number of nitrogens with two attached hydrogens (primary N) is 1. The zero-order valence-corrected chi connectivity index (χ0v) is 16.1. The van der Waals surface area contributed by atoms with E-state index in [4.69, 9.17) is 10.5 Å². The van der Waals surface area contributed by atoms with Gasteiger partial charge >= 0.3 is 0 Å².